The van der Waals surface area contributed by atoms with Gasteiger partial charge in [0.25, 0.3) is 0 Å². The van der Waals surface area contributed by atoms with E-state index < -0.39 is 0 Å². The smallest absolute Gasteiger partial charge is 0.161 e. The normalized spacial score (nSPS) is 15.8. The second kappa shape index (κ2) is 4.78. The Balaban J connectivity index is 2.24. The van der Waals surface area contributed by atoms with Crippen molar-refractivity contribution in [3.05, 3.63) is 23.3 Å². The van der Waals surface area contributed by atoms with Crippen molar-refractivity contribution in [3.63, 3.8) is 0 Å². The number of rotatable bonds is 1. The molecule has 1 aliphatic rings. The van der Waals surface area contributed by atoms with Crippen molar-refractivity contribution in [1.29, 1.82) is 0 Å². The Hall–Kier alpha value is -1.16. The largest absolute Gasteiger partial charge is 0.508 e. The first-order valence-corrected chi connectivity index (χ1v) is 6.40. The van der Waals surface area contributed by atoms with E-state index in [-0.39, 0.29) is 0 Å². The molecule has 1 heterocycles. The summed E-state index contributed by atoms with van der Waals surface area (Å²) in [5, 5.41) is 13.8. The molecule has 1 aliphatic heterocycles. The number of amidine groups is 1. The van der Waals surface area contributed by atoms with Crippen molar-refractivity contribution >= 4 is 22.6 Å². The monoisotopic (exact) mass is 236 g/mol. The van der Waals surface area contributed by atoms with Gasteiger partial charge in [0, 0.05) is 18.0 Å². The predicted molar refractivity (Wildman–Crippen MR) is 70.6 cm³/mol. The van der Waals surface area contributed by atoms with Crippen molar-refractivity contribution in [2.45, 2.75) is 20.3 Å². The molecule has 0 amide bonds. The highest BCUT2D eigenvalue weighted by Gasteiger charge is 2.10. The lowest BCUT2D eigenvalue weighted by molar-refractivity contribution is 0.474. The molecule has 0 saturated heterocycles. The molecule has 0 aliphatic carbocycles. The zero-order chi connectivity index (χ0) is 11.5. The van der Waals surface area contributed by atoms with Crippen LogP contribution in [0, 0.1) is 13.8 Å². The van der Waals surface area contributed by atoms with E-state index in [2.05, 4.69) is 10.3 Å². The predicted octanol–water partition coefficient (Wildman–Crippen LogP) is 2.91. The SMILES string of the molecule is Cc1cc(O)cc(C)c1NC1=NCCCS1. The molecule has 86 valence electrons. The van der Waals surface area contributed by atoms with Crippen LogP contribution in [0.2, 0.25) is 0 Å². The molecule has 16 heavy (non-hydrogen) atoms. The fraction of sp³-hybridized carbons (Fsp3) is 0.417. The van der Waals surface area contributed by atoms with Crippen LogP contribution in [-0.2, 0) is 0 Å². The average molecular weight is 236 g/mol. The van der Waals surface area contributed by atoms with E-state index in [1.165, 1.54) is 0 Å². The standard InChI is InChI=1S/C12H16N2OS/c1-8-6-10(15)7-9(2)11(8)14-12-13-4-3-5-16-12/h6-7,15H,3-5H2,1-2H3,(H,13,14). The Morgan fingerprint density at radius 2 is 2.00 bits per heavy atom. The maximum Gasteiger partial charge on any atom is 0.161 e. The average Bonchev–Trinajstić information content (AvgIpc) is 2.25. The number of hydrogen-bond donors (Lipinski definition) is 2. The number of aryl methyl sites for hydroxylation is 2. The van der Waals surface area contributed by atoms with Crippen molar-refractivity contribution in [2.75, 3.05) is 17.6 Å². The molecule has 0 bridgehead atoms. The third kappa shape index (κ3) is 2.50. The van der Waals surface area contributed by atoms with Gasteiger partial charge in [0.15, 0.2) is 5.17 Å². The minimum Gasteiger partial charge on any atom is -0.508 e. The molecule has 1 aromatic carbocycles. The summed E-state index contributed by atoms with van der Waals surface area (Å²) >= 11 is 1.76. The van der Waals surface area contributed by atoms with Gasteiger partial charge in [0.1, 0.15) is 5.75 Å². The minimum absolute atomic E-state index is 0.318. The summed E-state index contributed by atoms with van der Waals surface area (Å²) < 4.78 is 0. The zero-order valence-corrected chi connectivity index (χ0v) is 10.4. The lowest BCUT2D eigenvalue weighted by Crippen LogP contribution is -2.14. The van der Waals surface area contributed by atoms with Crippen LogP contribution in [-0.4, -0.2) is 22.6 Å². The highest BCUT2D eigenvalue weighted by Crippen LogP contribution is 2.27. The van der Waals surface area contributed by atoms with Gasteiger partial charge in [-0.2, -0.15) is 0 Å². The molecule has 2 rings (SSSR count). The molecular weight excluding hydrogens is 220 g/mol. The number of aromatic hydroxyl groups is 1. The van der Waals surface area contributed by atoms with Crippen LogP contribution >= 0.6 is 11.8 Å². The molecule has 0 unspecified atom stereocenters. The summed E-state index contributed by atoms with van der Waals surface area (Å²) in [5.41, 5.74) is 3.16. The van der Waals surface area contributed by atoms with Crippen LogP contribution in [0.5, 0.6) is 5.75 Å². The van der Waals surface area contributed by atoms with Gasteiger partial charge >= 0.3 is 0 Å². The molecular formula is C12H16N2OS. The quantitative estimate of drug-likeness (QED) is 0.737. The van der Waals surface area contributed by atoms with Gasteiger partial charge in [-0.3, -0.25) is 4.99 Å². The number of phenolic OH excluding ortho intramolecular Hbond substituents is 1. The number of phenols is 1. The number of hydrogen-bond acceptors (Lipinski definition) is 4. The first-order chi connectivity index (χ1) is 7.66. The molecule has 0 aromatic heterocycles. The van der Waals surface area contributed by atoms with Gasteiger partial charge in [-0.25, -0.2) is 0 Å². The number of nitrogens with one attached hydrogen (secondary N) is 1. The lowest BCUT2D eigenvalue weighted by Gasteiger charge is -2.17. The summed E-state index contributed by atoms with van der Waals surface area (Å²) in [4.78, 5) is 4.44. The minimum atomic E-state index is 0.318. The summed E-state index contributed by atoms with van der Waals surface area (Å²) in [5.74, 6) is 1.45. The summed E-state index contributed by atoms with van der Waals surface area (Å²) in [7, 11) is 0. The lowest BCUT2D eigenvalue weighted by atomic mass is 10.1. The molecule has 4 heteroatoms. The summed E-state index contributed by atoms with van der Waals surface area (Å²) in [6, 6.07) is 3.53. The second-order valence-electron chi connectivity index (χ2n) is 3.97. The van der Waals surface area contributed by atoms with Crippen LogP contribution in [0.3, 0.4) is 0 Å². The topological polar surface area (TPSA) is 44.6 Å². The van der Waals surface area contributed by atoms with Gasteiger partial charge in [-0.15, -0.1) is 0 Å². The Morgan fingerprint density at radius 3 is 2.56 bits per heavy atom. The van der Waals surface area contributed by atoms with E-state index in [9.17, 15) is 5.11 Å². The van der Waals surface area contributed by atoms with Gasteiger partial charge < -0.3 is 10.4 Å². The molecule has 0 radical (unpaired) electrons. The van der Waals surface area contributed by atoms with E-state index >= 15 is 0 Å². The highest BCUT2D eigenvalue weighted by atomic mass is 32.2. The summed E-state index contributed by atoms with van der Waals surface area (Å²) in [6.45, 7) is 4.89. The Labute approximate surface area is 100.0 Å². The van der Waals surface area contributed by atoms with Crippen molar-refractivity contribution in [2.24, 2.45) is 4.99 Å². The maximum atomic E-state index is 9.46. The van der Waals surface area contributed by atoms with Crippen molar-refractivity contribution < 1.29 is 5.11 Å². The first-order valence-electron chi connectivity index (χ1n) is 5.41. The van der Waals surface area contributed by atoms with Crippen LogP contribution in [0.1, 0.15) is 17.5 Å². The molecule has 2 N–H and O–H groups in total. The number of nitrogens with zero attached hydrogens (tertiary/aromatic N) is 1. The molecule has 1 aromatic rings. The molecule has 0 fully saturated rings. The Morgan fingerprint density at radius 1 is 1.31 bits per heavy atom. The van der Waals surface area contributed by atoms with Crippen molar-refractivity contribution in [1.82, 2.24) is 0 Å². The third-order valence-electron chi connectivity index (χ3n) is 2.55. The number of benzene rings is 1. The van der Waals surface area contributed by atoms with Crippen LogP contribution < -0.4 is 5.32 Å². The van der Waals surface area contributed by atoms with Crippen LogP contribution in [0.15, 0.2) is 17.1 Å². The maximum absolute atomic E-state index is 9.46. The number of thioether (sulfide) groups is 1. The van der Waals surface area contributed by atoms with Gasteiger partial charge in [0.05, 0.1) is 0 Å². The number of anilines is 1. The zero-order valence-electron chi connectivity index (χ0n) is 9.58. The number of aliphatic imine (C=N–C) groups is 1. The van der Waals surface area contributed by atoms with E-state index in [1.807, 2.05) is 13.8 Å². The van der Waals surface area contributed by atoms with E-state index in [0.29, 0.717) is 5.75 Å². The van der Waals surface area contributed by atoms with Crippen LogP contribution in [0.4, 0.5) is 5.69 Å². The van der Waals surface area contributed by atoms with Crippen LogP contribution in [0.25, 0.3) is 0 Å². The van der Waals surface area contributed by atoms with E-state index in [0.717, 1.165) is 40.7 Å². The first kappa shape index (κ1) is 11.3. The highest BCUT2D eigenvalue weighted by molar-refractivity contribution is 8.14. The fourth-order valence-corrected chi connectivity index (χ4v) is 2.60. The fourth-order valence-electron chi connectivity index (χ4n) is 1.78. The van der Waals surface area contributed by atoms with Gasteiger partial charge in [-0.05, 0) is 43.5 Å². The Kier molecular flexibility index (Phi) is 3.39. The van der Waals surface area contributed by atoms with Gasteiger partial charge in [0.2, 0.25) is 0 Å². The van der Waals surface area contributed by atoms with E-state index in [1.54, 1.807) is 23.9 Å². The molecule has 3 nitrogen and oxygen atoms in total. The molecule has 0 saturated carbocycles. The second-order valence-corrected chi connectivity index (χ2v) is 5.05. The molecule has 0 spiro atoms. The summed E-state index contributed by atoms with van der Waals surface area (Å²) in [6.07, 6.45) is 1.16. The van der Waals surface area contributed by atoms with E-state index in [4.69, 9.17) is 0 Å². The Bertz CT molecular complexity index is 406. The van der Waals surface area contributed by atoms with Crippen molar-refractivity contribution in [3.8, 4) is 5.75 Å². The van der Waals surface area contributed by atoms with Gasteiger partial charge in [-0.1, -0.05) is 11.8 Å². The molecule has 0 atom stereocenters. The third-order valence-corrected chi connectivity index (χ3v) is 3.54.